The summed E-state index contributed by atoms with van der Waals surface area (Å²) < 4.78 is 5.46. The number of ether oxygens (including phenoxy) is 1. The average Bonchev–Trinajstić information content (AvgIpc) is 2.75. The van der Waals surface area contributed by atoms with Gasteiger partial charge in [0.2, 0.25) is 0 Å². The Hall–Kier alpha value is -1.22. The number of hydrogen-bond donors (Lipinski definition) is 1. The molecule has 0 radical (unpaired) electrons. The van der Waals surface area contributed by atoms with Crippen molar-refractivity contribution in [3.8, 4) is 5.75 Å². The number of fused-ring (bicyclic) bond motifs is 1. The van der Waals surface area contributed by atoms with Crippen LogP contribution in [0.25, 0.3) is 0 Å². The summed E-state index contributed by atoms with van der Waals surface area (Å²) in [4.78, 5) is 2.47. The number of benzene rings is 1. The number of anilines is 1. The van der Waals surface area contributed by atoms with E-state index in [0.29, 0.717) is 12.1 Å². The summed E-state index contributed by atoms with van der Waals surface area (Å²) in [6, 6.07) is 7.33. The molecule has 3 nitrogen and oxygen atoms in total. The van der Waals surface area contributed by atoms with Crippen LogP contribution in [0, 0.1) is 0 Å². The van der Waals surface area contributed by atoms with Gasteiger partial charge in [0.25, 0.3) is 0 Å². The lowest BCUT2D eigenvalue weighted by molar-refractivity contribution is 0.408. The molecule has 2 atom stereocenters. The van der Waals surface area contributed by atoms with Gasteiger partial charge in [-0.15, -0.1) is 0 Å². The number of nitrogens with one attached hydrogen (secondary N) is 1. The molecule has 1 aromatic carbocycles. The third-order valence-corrected chi connectivity index (χ3v) is 3.82. The third kappa shape index (κ3) is 2.00. The Kier molecular flexibility index (Phi) is 3.57. The Bertz CT molecular complexity index is 392. The zero-order valence-electron chi connectivity index (χ0n) is 11.2. The van der Waals surface area contributed by atoms with E-state index in [1.165, 1.54) is 11.3 Å². The molecule has 0 saturated carbocycles. The molecule has 2 rings (SSSR count). The molecule has 2 unspecified atom stereocenters. The number of nitrogens with zero attached hydrogens (tertiary/aromatic N) is 1. The predicted molar refractivity (Wildman–Crippen MR) is 72.0 cm³/mol. The second-order valence-electron chi connectivity index (χ2n) is 4.59. The lowest BCUT2D eigenvalue weighted by atomic mass is 10.0. The van der Waals surface area contributed by atoms with E-state index in [0.717, 1.165) is 18.7 Å². The molecule has 17 heavy (non-hydrogen) atoms. The van der Waals surface area contributed by atoms with E-state index in [4.69, 9.17) is 4.74 Å². The number of methoxy groups -OCH3 is 1. The summed E-state index contributed by atoms with van der Waals surface area (Å²) in [5, 5.41) is 3.36. The minimum atomic E-state index is 0.479. The highest BCUT2D eigenvalue weighted by atomic mass is 16.5. The molecule has 0 fully saturated rings. The van der Waals surface area contributed by atoms with Gasteiger partial charge in [-0.05, 0) is 39.4 Å². The highest BCUT2D eigenvalue weighted by Crippen LogP contribution is 2.38. The number of hydrogen-bond acceptors (Lipinski definition) is 3. The Morgan fingerprint density at radius 1 is 1.53 bits per heavy atom. The normalized spacial score (nSPS) is 20.2. The molecule has 0 aromatic heterocycles. The van der Waals surface area contributed by atoms with Gasteiger partial charge in [-0.25, -0.2) is 0 Å². The first-order valence-electron chi connectivity index (χ1n) is 6.32. The van der Waals surface area contributed by atoms with Crippen LogP contribution in [-0.2, 0) is 6.42 Å². The first-order valence-corrected chi connectivity index (χ1v) is 6.32. The van der Waals surface area contributed by atoms with Crippen LogP contribution in [0.5, 0.6) is 5.75 Å². The van der Waals surface area contributed by atoms with Gasteiger partial charge in [-0.1, -0.05) is 6.07 Å². The average molecular weight is 234 g/mol. The van der Waals surface area contributed by atoms with Crippen LogP contribution in [-0.4, -0.2) is 32.8 Å². The van der Waals surface area contributed by atoms with E-state index in [-0.39, 0.29) is 0 Å². The standard InChI is InChI=1S/C14H22N2O/c1-5-16-12-7-6-8-14(17-4)11(12)9-13(16)10(2)15-3/h6-8,10,13,15H,5,9H2,1-4H3. The van der Waals surface area contributed by atoms with E-state index in [1.54, 1.807) is 7.11 Å². The van der Waals surface area contributed by atoms with Crippen molar-refractivity contribution < 1.29 is 4.74 Å². The van der Waals surface area contributed by atoms with Crippen LogP contribution < -0.4 is 15.0 Å². The van der Waals surface area contributed by atoms with Crippen molar-refractivity contribution in [1.82, 2.24) is 5.32 Å². The largest absolute Gasteiger partial charge is 0.496 e. The molecule has 0 spiro atoms. The quantitative estimate of drug-likeness (QED) is 0.863. The summed E-state index contributed by atoms with van der Waals surface area (Å²) in [6.45, 7) is 5.49. The zero-order valence-corrected chi connectivity index (χ0v) is 11.2. The molecule has 0 bridgehead atoms. The molecule has 1 aliphatic rings. The molecule has 1 aliphatic heterocycles. The fourth-order valence-electron chi connectivity index (χ4n) is 2.76. The Morgan fingerprint density at radius 2 is 2.29 bits per heavy atom. The zero-order chi connectivity index (χ0) is 12.4. The first-order chi connectivity index (χ1) is 8.22. The van der Waals surface area contributed by atoms with Crippen molar-refractivity contribution in [3.05, 3.63) is 23.8 Å². The van der Waals surface area contributed by atoms with Crippen LogP contribution in [0.4, 0.5) is 5.69 Å². The Morgan fingerprint density at radius 3 is 2.88 bits per heavy atom. The van der Waals surface area contributed by atoms with Gasteiger partial charge in [0.1, 0.15) is 5.75 Å². The SMILES string of the molecule is CCN1c2cccc(OC)c2CC1C(C)NC. The summed E-state index contributed by atoms with van der Waals surface area (Å²) in [7, 11) is 3.78. The van der Waals surface area contributed by atoms with E-state index >= 15 is 0 Å². The smallest absolute Gasteiger partial charge is 0.124 e. The fraction of sp³-hybridized carbons (Fsp3) is 0.571. The first kappa shape index (κ1) is 12.2. The molecule has 1 heterocycles. The predicted octanol–water partition coefficient (Wildman–Crippen LogP) is 2.05. The van der Waals surface area contributed by atoms with Crippen LogP contribution in [0.3, 0.4) is 0 Å². The highest BCUT2D eigenvalue weighted by molar-refractivity contribution is 5.64. The van der Waals surface area contributed by atoms with Crippen molar-refractivity contribution in [2.75, 3.05) is 25.6 Å². The third-order valence-electron chi connectivity index (χ3n) is 3.82. The lowest BCUT2D eigenvalue weighted by Crippen LogP contribution is -2.45. The number of rotatable bonds is 4. The highest BCUT2D eigenvalue weighted by Gasteiger charge is 2.33. The Balaban J connectivity index is 2.37. The second kappa shape index (κ2) is 4.96. The molecule has 94 valence electrons. The van der Waals surface area contributed by atoms with Crippen LogP contribution in [0.1, 0.15) is 19.4 Å². The van der Waals surface area contributed by atoms with Crippen molar-refractivity contribution >= 4 is 5.69 Å². The van der Waals surface area contributed by atoms with Gasteiger partial charge in [-0.3, -0.25) is 0 Å². The van der Waals surface area contributed by atoms with E-state index in [2.05, 4.69) is 42.3 Å². The van der Waals surface area contributed by atoms with Crippen molar-refractivity contribution in [2.24, 2.45) is 0 Å². The molecule has 3 heteroatoms. The molecular formula is C14H22N2O. The van der Waals surface area contributed by atoms with Crippen LogP contribution in [0.15, 0.2) is 18.2 Å². The minimum Gasteiger partial charge on any atom is -0.496 e. The molecule has 1 aromatic rings. The summed E-state index contributed by atoms with van der Waals surface area (Å²) in [6.07, 6.45) is 1.06. The summed E-state index contributed by atoms with van der Waals surface area (Å²) in [5.41, 5.74) is 2.68. The van der Waals surface area contributed by atoms with E-state index in [1.807, 2.05) is 7.05 Å². The summed E-state index contributed by atoms with van der Waals surface area (Å²) >= 11 is 0. The molecular weight excluding hydrogens is 212 g/mol. The van der Waals surface area contributed by atoms with Crippen molar-refractivity contribution in [1.29, 1.82) is 0 Å². The number of likely N-dealkylation sites (N-methyl/N-ethyl adjacent to an activating group) is 2. The topological polar surface area (TPSA) is 24.5 Å². The van der Waals surface area contributed by atoms with Crippen molar-refractivity contribution in [3.63, 3.8) is 0 Å². The maximum absolute atomic E-state index is 5.46. The minimum absolute atomic E-state index is 0.479. The van der Waals surface area contributed by atoms with Gasteiger partial charge in [-0.2, -0.15) is 0 Å². The second-order valence-corrected chi connectivity index (χ2v) is 4.59. The Labute approximate surface area is 104 Å². The van der Waals surface area contributed by atoms with Gasteiger partial charge < -0.3 is 15.0 Å². The van der Waals surface area contributed by atoms with E-state index in [9.17, 15) is 0 Å². The van der Waals surface area contributed by atoms with Gasteiger partial charge in [0, 0.05) is 29.9 Å². The maximum atomic E-state index is 5.46. The van der Waals surface area contributed by atoms with Gasteiger partial charge in [0.15, 0.2) is 0 Å². The van der Waals surface area contributed by atoms with Gasteiger partial charge >= 0.3 is 0 Å². The summed E-state index contributed by atoms with van der Waals surface area (Å²) in [5.74, 6) is 1.02. The maximum Gasteiger partial charge on any atom is 0.124 e. The molecule has 0 saturated heterocycles. The van der Waals surface area contributed by atoms with E-state index < -0.39 is 0 Å². The van der Waals surface area contributed by atoms with Crippen LogP contribution in [0.2, 0.25) is 0 Å². The lowest BCUT2D eigenvalue weighted by Gasteiger charge is -2.30. The molecule has 0 aliphatic carbocycles. The van der Waals surface area contributed by atoms with Crippen molar-refractivity contribution in [2.45, 2.75) is 32.4 Å². The fourth-order valence-corrected chi connectivity index (χ4v) is 2.76. The monoisotopic (exact) mass is 234 g/mol. The molecule has 0 amide bonds. The van der Waals surface area contributed by atoms with Crippen LogP contribution >= 0.6 is 0 Å². The van der Waals surface area contributed by atoms with Gasteiger partial charge in [0.05, 0.1) is 7.11 Å². The molecule has 1 N–H and O–H groups in total.